The number of nitrogens with zero attached hydrogens (tertiary/aromatic N) is 2. The number of amides is 2. The zero-order chi connectivity index (χ0) is 22.7. The Morgan fingerprint density at radius 2 is 1.94 bits per heavy atom. The molecule has 0 saturated heterocycles. The number of aromatic nitrogens is 2. The van der Waals surface area contributed by atoms with E-state index in [1.807, 2.05) is 6.07 Å². The fourth-order valence-electron chi connectivity index (χ4n) is 3.74. The van der Waals surface area contributed by atoms with Crippen molar-refractivity contribution in [1.82, 2.24) is 15.1 Å². The van der Waals surface area contributed by atoms with Crippen molar-refractivity contribution in [1.29, 1.82) is 0 Å². The number of hydrogen-bond acceptors (Lipinski definition) is 3. The van der Waals surface area contributed by atoms with Gasteiger partial charge in [-0.15, -0.1) is 0 Å². The van der Waals surface area contributed by atoms with Crippen LogP contribution < -0.4 is 5.32 Å². The van der Waals surface area contributed by atoms with Crippen molar-refractivity contribution < 1.29 is 14.0 Å². The topological polar surface area (TPSA) is 78.1 Å². The van der Waals surface area contributed by atoms with Gasteiger partial charge in [0.25, 0.3) is 5.91 Å². The van der Waals surface area contributed by atoms with Gasteiger partial charge in [-0.05, 0) is 73.7 Å². The smallest absolute Gasteiger partial charge is 0.253 e. The zero-order valence-corrected chi connectivity index (χ0v) is 18.3. The van der Waals surface area contributed by atoms with Gasteiger partial charge in [0.05, 0.1) is 5.69 Å². The van der Waals surface area contributed by atoms with Crippen LogP contribution in [0.3, 0.4) is 0 Å². The monoisotopic (exact) mass is 434 g/mol. The van der Waals surface area contributed by atoms with E-state index in [2.05, 4.69) is 22.4 Å². The molecule has 0 radical (unpaired) electrons. The molecule has 2 N–H and O–H groups in total. The molecule has 2 aromatic carbocycles. The van der Waals surface area contributed by atoms with Gasteiger partial charge in [0.1, 0.15) is 5.82 Å². The quantitative estimate of drug-likeness (QED) is 0.547. The van der Waals surface area contributed by atoms with Crippen molar-refractivity contribution in [3.63, 3.8) is 0 Å². The number of H-pyrrole nitrogens is 1. The molecular weight excluding hydrogens is 407 g/mol. The largest absolute Gasteiger partial charge is 0.342 e. The Morgan fingerprint density at radius 3 is 2.66 bits per heavy atom. The molecule has 0 bridgehead atoms. The number of halogens is 1. The summed E-state index contributed by atoms with van der Waals surface area (Å²) in [6, 6.07) is 15.3. The van der Waals surface area contributed by atoms with E-state index in [-0.39, 0.29) is 23.5 Å². The molecule has 32 heavy (non-hydrogen) atoms. The second-order valence-corrected chi connectivity index (χ2v) is 8.51. The third kappa shape index (κ3) is 5.22. The number of hydrogen-bond donors (Lipinski definition) is 2. The SMILES string of the molecule is CC1CC1C(=O)Nc1cccc(C(=O)N(C)CCCc2cc(-c3ccc(F)cc3)n[nH]2)c1. The molecule has 2 unspecified atom stereocenters. The molecule has 1 aliphatic rings. The number of rotatable bonds is 8. The van der Waals surface area contributed by atoms with Crippen LogP contribution >= 0.6 is 0 Å². The third-order valence-electron chi connectivity index (χ3n) is 5.88. The molecule has 1 saturated carbocycles. The molecule has 4 rings (SSSR count). The minimum Gasteiger partial charge on any atom is -0.342 e. The third-order valence-corrected chi connectivity index (χ3v) is 5.88. The van der Waals surface area contributed by atoms with Crippen LogP contribution in [0.2, 0.25) is 0 Å². The van der Waals surface area contributed by atoms with Gasteiger partial charge in [0.2, 0.25) is 5.91 Å². The van der Waals surface area contributed by atoms with E-state index in [0.717, 1.165) is 36.2 Å². The predicted octanol–water partition coefficient (Wildman–Crippen LogP) is 4.52. The lowest BCUT2D eigenvalue weighted by atomic mass is 10.1. The Hall–Kier alpha value is -3.48. The summed E-state index contributed by atoms with van der Waals surface area (Å²) in [5, 5.41) is 10.2. The molecule has 1 fully saturated rings. The lowest BCUT2D eigenvalue weighted by Gasteiger charge is -2.17. The lowest BCUT2D eigenvalue weighted by Crippen LogP contribution is -2.28. The molecule has 7 heteroatoms. The molecule has 3 aromatic rings. The summed E-state index contributed by atoms with van der Waals surface area (Å²) in [4.78, 5) is 26.6. The second kappa shape index (κ2) is 9.34. The minimum atomic E-state index is -0.275. The number of nitrogens with one attached hydrogen (secondary N) is 2. The van der Waals surface area contributed by atoms with Gasteiger partial charge in [0.15, 0.2) is 0 Å². The minimum absolute atomic E-state index is 0.0232. The number of aryl methyl sites for hydroxylation is 1. The van der Waals surface area contributed by atoms with Gasteiger partial charge < -0.3 is 10.2 Å². The van der Waals surface area contributed by atoms with Crippen LogP contribution in [-0.4, -0.2) is 40.5 Å². The van der Waals surface area contributed by atoms with E-state index in [1.165, 1.54) is 12.1 Å². The maximum absolute atomic E-state index is 13.1. The Balaban J connectivity index is 1.28. The van der Waals surface area contributed by atoms with Crippen molar-refractivity contribution >= 4 is 17.5 Å². The highest BCUT2D eigenvalue weighted by atomic mass is 19.1. The molecule has 1 heterocycles. The van der Waals surface area contributed by atoms with Gasteiger partial charge in [0, 0.05) is 42.0 Å². The summed E-state index contributed by atoms with van der Waals surface area (Å²) < 4.78 is 13.1. The van der Waals surface area contributed by atoms with Crippen molar-refractivity contribution in [2.75, 3.05) is 18.9 Å². The Morgan fingerprint density at radius 1 is 1.19 bits per heavy atom. The molecule has 1 aromatic heterocycles. The molecular formula is C25H27FN4O2. The van der Waals surface area contributed by atoms with Crippen molar-refractivity contribution in [3.8, 4) is 11.3 Å². The molecule has 166 valence electrons. The lowest BCUT2D eigenvalue weighted by molar-refractivity contribution is -0.117. The second-order valence-electron chi connectivity index (χ2n) is 8.51. The zero-order valence-electron chi connectivity index (χ0n) is 18.3. The first kappa shape index (κ1) is 21.7. The highest BCUT2D eigenvalue weighted by molar-refractivity contribution is 5.98. The van der Waals surface area contributed by atoms with Crippen LogP contribution in [0.1, 0.15) is 35.8 Å². The summed E-state index contributed by atoms with van der Waals surface area (Å²) in [5.74, 6) is 0.186. The fourth-order valence-corrected chi connectivity index (χ4v) is 3.74. The van der Waals surface area contributed by atoms with E-state index in [4.69, 9.17) is 0 Å². The Bertz CT molecular complexity index is 1110. The molecule has 6 nitrogen and oxygen atoms in total. The first-order valence-corrected chi connectivity index (χ1v) is 10.9. The van der Waals surface area contributed by atoms with Crippen LogP contribution in [0, 0.1) is 17.7 Å². The van der Waals surface area contributed by atoms with Gasteiger partial charge in [-0.1, -0.05) is 13.0 Å². The van der Waals surface area contributed by atoms with E-state index >= 15 is 0 Å². The molecule has 0 spiro atoms. The van der Waals surface area contributed by atoms with Gasteiger partial charge in [-0.2, -0.15) is 5.10 Å². The van der Waals surface area contributed by atoms with Gasteiger partial charge >= 0.3 is 0 Å². The van der Waals surface area contributed by atoms with Crippen LogP contribution in [-0.2, 0) is 11.2 Å². The van der Waals surface area contributed by atoms with Crippen LogP contribution in [0.4, 0.5) is 10.1 Å². The number of carbonyl (C=O) groups is 2. The highest BCUT2D eigenvalue weighted by Gasteiger charge is 2.39. The molecule has 1 aliphatic carbocycles. The average molecular weight is 435 g/mol. The summed E-state index contributed by atoms with van der Waals surface area (Å²) in [6.45, 7) is 2.64. The Kier molecular flexibility index (Phi) is 6.35. The molecule has 2 amide bonds. The summed E-state index contributed by atoms with van der Waals surface area (Å²) >= 11 is 0. The van der Waals surface area contributed by atoms with Gasteiger partial charge in [-0.3, -0.25) is 14.7 Å². The van der Waals surface area contributed by atoms with Crippen LogP contribution in [0.25, 0.3) is 11.3 Å². The van der Waals surface area contributed by atoms with Crippen LogP contribution in [0.5, 0.6) is 0 Å². The summed E-state index contributed by atoms with van der Waals surface area (Å²) in [7, 11) is 1.77. The van der Waals surface area contributed by atoms with Crippen molar-refractivity contribution in [2.45, 2.75) is 26.2 Å². The average Bonchev–Trinajstić information content (AvgIpc) is 3.34. The normalized spacial score (nSPS) is 17.1. The van der Waals surface area contributed by atoms with Crippen molar-refractivity contribution in [3.05, 3.63) is 71.7 Å². The highest BCUT2D eigenvalue weighted by Crippen LogP contribution is 2.38. The maximum atomic E-state index is 13.1. The predicted molar refractivity (Wildman–Crippen MR) is 122 cm³/mol. The van der Waals surface area contributed by atoms with Gasteiger partial charge in [-0.25, -0.2) is 4.39 Å². The van der Waals surface area contributed by atoms with Crippen molar-refractivity contribution in [2.24, 2.45) is 11.8 Å². The summed E-state index contributed by atoms with van der Waals surface area (Å²) in [5.41, 5.74) is 3.78. The van der Waals surface area contributed by atoms with Crippen LogP contribution in [0.15, 0.2) is 54.6 Å². The Labute approximate surface area is 186 Å². The fraction of sp³-hybridized carbons (Fsp3) is 0.320. The molecule has 0 aliphatic heterocycles. The first-order chi connectivity index (χ1) is 15.4. The number of aromatic amines is 1. The maximum Gasteiger partial charge on any atom is 0.253 e. The number of benzene rings is 2. The van der Waals surface area contributed by atoms with E-state index < -0.39 is 0 Å². The molecule has 2 atom stereocenters. The van der Waals surface area contributed by atoms with E-state index in [1.54, 1.807) is 48.3 Å². The number of carbonyl (C=O) groups excluding carboxylic acids is 2. The van der Waals surface area contributed by atoms with E-state index in [0.29, 0.717) is 23.7 Å². The summed E-state index contributed by atoms with van der Waals surface area (Å²) in [6.07, 6.45) is 2.43. The number of anilines is 1. The first-order valence-electron chi connectivity index (χ1n) is 10.9. The standard InChI is InChI=1S/C25H27FN4O2/c1-16-13-22(16)24(31)27-20-6-3-5-18(14-20)25(32)30(2)12-4-7-21-15-23(29-28-21)17-8-10-19(26)11-9-17/h3,5-6,8-11,14-16,22H,4,7,12-13H2,1-2H3,(H,27,31)(H,28,29). The van der Waals surface area contributed by atoms with E-state index in [9.17, 15) is 14.0 Å².